The average Bonchev–Trinajstić information content (AvgIpc) is 2.79. The van der Waals surface area contributed by atoms with Crippen molar-refractivity contribution in [2.24, 2.45) is 5.41 Å². The summed E-state index contributed by atoms with van der Waals surface area (Å²) in [7, 11) is 2.16. The Bertz CT molecular complexity index is 231. The third-order valence-corrected chi connectivity index (χ3v) is 4.73. The van der Waals surface area contributed by atoms with Gasteiger partial charge in [-0.05, 0) is 25.3 Å². The lowest BCUT2D eigenvalue weighted by molar-refractivity contribution is -0.0189. The molecule has 0 aromatic carbocycles. The zero-order valence-electron chi connectivity index (χ0n) is 10.9. The molecule has 4 heteroatoms. The maximum Gasteiger partial charge on any atom is 0.0826 e. The molecule has 1 heterocycles. The molecule has 1 atom stereocenters. The molecule has 2 rings (SSSR count). The first-order chi connectivity index (χ1) is 8.24. The summed E-state index contributed by atoms with van der Waals surface area (Å²) >= 11 is 6.13. The summed E-state index contributed by atoms with van der Waals surface area (Å²) in [4.78, 5) is 2.34. The topological polar surface area (TPSA) is 24.5 Å². The van der Waals surface area contributed by atoms with Crippen LogP contribution in [0.2, 0.25) is 0 Å². The minimum absolute atomic E-state index is 0.350. The van der Waals surface area contributed by atoms with Gasteiger partial charge >= 0.3 is 0 Å². The number of alkyl halides is 1. The molecule has 3 nitrogen and oxygen atoms in total. The summed E-state index contributed by atoms with van der Waals surface area (Å²) in [6.07, 6.45) is 5.61. The van der Waals surface area contributed by atoms with Crippen LogP contribution in [0.4, 0.5) is 0 Å². The molecule has 0 radical (unpaired) electrons. The third-order valence-electron chi connectivity index (χ3n) is 4.16. The molecular formula is C13H25ClN2O. The van der Waals surface area contributed by atoms with Crippen LogP contribution >= 0.6 is 11.6 Å². The molecule has 1 aliphatic heterocycles. The lowest BCUT2D eigenvalue weighted by Gasteiger charge is -2.32. The number of nitrogens with one attached hydrogen (secondary N) is 1. The van der Waals surface area contributed by atoms with Gasteiger partial charge in [0.25, 0.3) is 0 Å². The van der Waals surface area contributed by atoms with E-state index in [0.29, 0.717) is 11.5 Å². The lowest BCUT2D eigenvalue weighted by Crippen LogP contribution is -2.46. The van der Waals surface area contributed by atoms with Crippen LogP contribution in [0.3, 0.4) is 0 Å². The van der Waals surface area contributed by atoms with E-state index in [2.05, 4.69) is 17.3 Å². The number of hydrogen-bond donors (Lipinski definition) is 1. The Morgan fingerprint density at radius 3 is 2.82 bits per heavy atom. The van der Waals surface area contributed by atoms with Gasteiger partial charge in [-0.15, -0.1) is 11.6 Å². The predicted octanol–water partition coefficient (Wildman–Crippen LogP) is 1.71. The summed E-state index contributed by atoms with van der Waals surface area (Å²) in [6, 6.07) is 0. The number of nitrogens with zero attached hydrogens (tertiary/aromatic N) is 1. The highest BCUT2D eigenvalue weighted by molar-refractivity contribution is 6.18. The van der Waals surface area contributed by atoms with Gasteiger partial charge in [-0.2, -0.15) is 0 Å². The largest absolute Gasteiger partial charge is 0.374 e. The molecule has 0 aromatic heterocycles. The Morgan fingerprint density at radius 1 is 1.41 bits per heavy atom. The summed E-state index contributed by atoms with van der Waals surface area (Å²) < 4.78 is 5.74. The first-order valence-electron chi connectivity index (χ1n) is 6.81. The van der Waals surface area contributed by atoms with Gasteiger partial charge in [-0.25, -0.2) is 0 Å². The van der Waals surface area contributed by atoms with Gasteiger partial charge in [0.15, 0.2) is 0 Å². The van der Waals surface area contributed by atoms with Crippen LogP contribution in [0.25, 0.3) is 0 Å². The van der Waals surface area contributed by atoms with E-state index in [0.717, 1.165) is 38.7 Å². The zero-order valence-corrected chi connectivity index (χ0v) is 11.6. The first-order valence-corrected chi connectivity index (χ1v) is 7.34. The van der Waals surface area contributed by atoms with Crippen LogP contribution in [0, 0.1) is 5.41 Å². The molecule has 1 saturated carbocycles. The van der Waals surface area contributed by atoms with Gasteiger partial charge < -0.3 is 15.0 Å². The highest BCUT2D eigenvalue weighted by atomic mass is 35.5. The molecule has 0 bridgehead atoms. The van der Waals surface area contributed by atoms with Crippen LogP contribution in [0.1, 0.15) is 25.7 Å². The molecule has 1 N–H and O–H groups in total. The van der Waals surface area contributed by atoms with Crippen molar-refractivity contribution < 1.29 is 4.74 Å². The minimum atomic E-state index is 0.350. The van der Waals surface area contributed by atoms with E-state index in [1.54, 1.807) is 0 Å². The molecule has 0 spiro atoms. The van der Waals surface area contributed by atoms with E-state index >= 15 is 0 Å². The summed E-state index contributed by atoms with van der Waals surface area (Å²) in [5, 5.41) is 3.57. The summed E-state index contributed by atoms with van der Waals surface area (Å²) in [5.41, 5.74) is 0.363. The molecule has 2 aliphatic rings. The van der Waals surface area contributed by atoms with Gasteiger partial charge in [0.2, 0.25) is 0 Å². The fourth-order valence-corrected chi connectivity index (χ4v) is 3.33. The van der Waals surface area contributed by atoms with E-state index in [1.807, 2.05) is 0 Å². The van der Waals surface area contributed by atoms with Crippen molar-refractivity contribution in [2.45, 2.75) is 31.8 Å². The molecule has 0 aromatic rings. The van der Waals surface area contributed by atoms with Crippen molar-refractivity contribution in [3.8, 4) is 0 Å². The van der Waals surface area contributed by atoms with E-state index in [-0.39, 0.29) is 0 Å². The number of ether oxygens (including phenoxy) is 1. The lowest BCUT2D eigenvalue weighted by atomic mass is 9.88. The number of hydrogen-bond acceptors (Lipinski definition) is 3. The maximum atomic E-state index is 6.13. The Labute approximate surface area is 110 Å². The number of likely N-dealkylation sites (N-methyl/N-ethyl adjacent to an activating group) is 1. The standard InChI is InChI=1S/C13H25ClN2O/c1-16-6-7-17-12(9-16)8-15-11-13(10-14)4-2-3-5-13/h12,15H,2-11H2,1H3. The second kappa shape index (κ2) is 6.37. The van der Waals surface area contributed by atoms with Crippen molar-refractivity contribution in [3.63, 3.8) is 0 Å². The molecule has 1 unspecified atom stereocenters. The second-order valence-corrected chi connectivity index (χ2v) is 5.99. The SMILES string of the molecule is CN1CCOC(CNCC2(CCl)CCCC2)C1. The van der Waals surface area contributed by atoms with Gasteiger partial charge in [-0.3, -0.25) is 0 Å². The molecule has 100 valence electrons. The van der Waals surface area contributed by atoms with E-state index in [9.17, 15) is 0 Å². The highest BCUT2D eigenvalue weighted by Crippen LogP contribution is 2.38. The van der Waals surface area contributed by atoms with Crippen LogP contribution in [0.15, 0.2) is 0 Å². The monoisotopic (exact) mass is 260 g/mol. The van der Waals surface area contributed by atoms with E-state index in [1.165, 1.54) is 25.7 Å². The number of rotatable bonds is 5. The maximum absolute atomic E-state index is 6.13. The minimum Gasteiger partial charge on any atom is -0.374 e. The van der Waals surface area contributed by atoms with E-state index < -0.39 is 0 Å². The van der Waals surface area contributed by atoms with Crippen LogP contribution in [-0.4, -0.2) is 56.7 Å². The predicted molar refractivity (Wildman–Crippen MR) is 71.7 cm³/mol. The van der Waals surface area contributed by atoms with E-state index in [4.69, 9.17) is 16.3 Å². The third kappa shape index (κ3) is 3.82. The van der Waals surface area contributed by atoms with Crippen molar-refractivity contribution >= 4 is 11.6 Å². The Morgan fingerprint density at radius 2 is 2.18 bits per heavy atom. The molecule has 1 aliphatic carbocycles. The van der Waals surface area contributed by atoms with Crippen molar-refractivity contribution in [1.82, 2.24) is 10.2 Å². The molecule has 17 heavy (non-hydrogen) atoms. The summed E-state index contributed by atoms with van der Waals surface area (Å²) in [6.45, 7) is 4.98. The first kappa shape index (κ1) is 13.6. The Balaban J connectivity index is 1.67. The molecule has 0 amide bonds. The van der Waals surface area contributed by atoms with Crippen molar-refractivity contribution in [1.29, 1.82) is 0 Å². The normalized spacial score (nSPS) is 29.6. The quantitative estimate of drug-likeness (QED) is 0.762. The van der Waals surface area contributed by atoms with Crippen LogP contribution in [-0.2, 0) is 4.74 Å². The number of halogens is 1. The molecule has 2 fully saturated rings. The zero-order chi connectivity index (χ0) is 12.1. The summed E-state index contributed by atoms with van der Waals surface area (Å²) in [5.74, 6) is 0.797. The van der Waals surface area contributed by atoms with Crippen molar-refractivity contribution in [2.75, 3.05) is 45.7 Å². The van der Waals surface area contributed by atoms with Crippen molar-refractivity contribution in [3.05, 3.63) is 0 Å². The average molecular weight is 261 g/mol. The fraction of sp³-hybridized carbons (Fsp3) is 1.00. The smallest absolute Gasteiger partial charge is 0.0826 e. The van der Waals surface area contributed by atoms with Gasteiger partial charge in [0.1, 0.15) is 0 Å². The second-order valence-electron chi connectivity index (χ2n) is 5.73. The van der Waals surface area contributed by atoms with Gasteiger partial charge in [0, 0.05) is 32.1 Å². The van der Waals surface area contributed by atoms with Crippen LogP contribution in [0.5, 0.6) is 0 Å². The highest BCUT2D eigenvalue weighted by Gasteiger charge is 2.32. The molecule has 1 saturated heterocycles. The Hall–Kier alpha value is 0.170. The van der Waals surface area contributed by atoms with Crippen LogP contribution < -0.4 is 5.32 Å². The van der Waals surface area contributed by atoms with Gasteiger partial charge in [0.05, 0.1) is 12.7 Å². The fourth-order valence-electron chi connectivity index (χ4n) is 2.97. The number of morpholine rings is 1. The molecular weight excluding hydrogens is 236 g/mol. The van der Waals surface area contributed by atoms with Gasteiger partial charge in [-0.1, -0.05) is 12.8 Å². The Kier molecular flexibility index (Phi) is 5.10.